The number of rotatable bonds is 4. The highest BCUT2D eigenvalue weighted by Gasteiger charge is 2.23. The molecule has 11 aromatic rings. The minimum atomic E-state index is 0.582. The summed E-state index contributed by atoms with van der Waals surface area (Å²) in [5.74, 6) is 0. The Labute approximate surface area is 316 Å². The van der Waals surface area contributed by atoms with Crippen molar-refractivity contribution in [2.75, 3.05) is 0 Å². The normalized spacial score (nSPS) is 11.6. The van der Waals surface area contributed by atoms with Gasteiger partial charge in [-0.3, -0.25) is 0 Å². The van der Waals surface area contributed by atoms with Crippen LogP contribution in [-0.4, -0.2) is 13.7 Å². The van der Waals surface area contributed by atoms with Gasteiger partial charge in [-0.15, -0.1) is 0 Å². The molecule has 0 aliphatic heterocycles. The molecule has 0 atom stereocenters. The number of hydrogen-bond donors (Lipinski definition) is 0. The van der Waals surface area contributed by atoms with Gasteiger partial charge in [0.25, 0.3) is 0 Å². The van der Waals surface area contributed by atoms with Crippen molar-refractivity contribution in [2.24, 2.45) is 0 Å². The third-order valence-corrected chi connectivity index (χ3v) is 11.1. The molecule has 254 valence electrons. The second-order valence-corrected chi connectivity index (χ2v) is 13.9. The van der Waals surface area contributed by atoms with Crippen LogP contribution in [0.3, 0.4) is 0 Å². The molecule has 5 heteroatoms. The van der Waals surface area contributed by atoms with Gasteiger partial charge in [0.05, 0.1) is 61.7 Å². The largest absolute Gasteiger partial charge is 0.309 e. The van der Waals surface area contributed by atoms with E-state index in [1.165, 1.54) is 10.8 Å². The van der Waals surface area contributed by atoms with Crippen LogP contribution in [0.1, 0.15) is 11.1 Å². The average Bonchev–Trinajstić information content (AvgIpc) is 3.89. The Hall–Kier alpha value is -7.86. The summed E-state index contributed by atoms with van der Waals surface area (Å²) >= 11 is 0. The van der Waals surface area contributed by atoms with Crippen LogP contribution >= 0.6 is 0 Å². The van der Waals surface area contributed by atoms with Crippen LogP contribution in [0.25, 0.3) is 93.6 Å². The SMILES string of the molecule is N#Cc1cccc(-n2c3ccccc3c3c(-n4c5ccccc5c5ccccc54)cccc32)c1-c1cccc(-n2c3ccccc3c3cccc(C#N)c32)c1. The molecule has 0 N–H and O–H groups in total. The fourth-order valence-electron chi connectivity index (χ4n) is 8.93. The maximum absolute atomic E-state index is 10.7. The Kier molecular flexibility index (Phi) is 6.61. The minimum absolute atomic E-state index is 0.582. The highest BCUT2D eigenvalue weighted by Crippen LogP contribution is 2.43. The zero-order chi connectivity index (χ0) is 36.6. The molecule has 5 nitrogen and oxygen atoms in total. The standard InChI is InChI=1S/C50H29N5/c51-30-33-14-11-26-45(48(33)32-13-9-16-35(29-32)53-41-22-5-3-19-38(41)39-21-10-15-34(31-52)50(39)53)55-44-25-8-4-20-40(44)49-46(27-12-28-47(49)55)54-42-23-6-1-17-36(42)37-18-2-7-24-43(37)54/h1-29H. The summed E-state index contributed by atoms with van der Waals surface area (Å²) in [5.41, 5.74) is 12.2. The van der Waals surface area contributed by atoms with Gasteiger partial charge < -0.3 is 13.7 Å². The van der Waals surface area contributed by atoms with E-state index in [0.717, 1.165) is 82.8 Å². The van der Waals surface area contributed by atoms with Crippen LogP contribution in [0.5, 0.6) is 0 Å². The third-order valence-electron chi connectivity index (χ3n) is 11.1. The average molecular weight is 700 g/mol. The van der Waals surface area contributed by atoms with E-state index >= 15 is 0 Å². The topological polar surface area (TPSA) is 62.4 Å². The fourth-order valence-corrected chi connectivity index (χ4v) is 8.93. The first kappa shape index (κ1) is 30.7. The number of fused-ring (bicyclic) bond motifs is 9. The van der Waals surface area contributed by atoms with Gasteiger partial charge in [0.1, 0.15) is 6.07 Å². The monoisotopic (exact) mass is 699 g/mol. The van der Waals surface area contributed by atoms with Gasteiger partial charge in [0.2, 0.25) is 0 Å². The first-order valence-corrected chi connectivity index (χ1v) is 18.3. The molecule has 0 bridgehead atoms. The second kappa shape index (κ2) is 11.8. The first-order valence-electron chi connectivity index (χ1n) is 18.3. The lowest BCUT2D eigenvalue weighted by atomic mass is 9.97. The predicted octanol–water partition coefficient (Wildman–Crippen LogP) is 12.4. The molecule has 3 aromatic heterocycles. The third kappa shape index (κ3) is 4.33. The van der Waals surface area contributed by atoms with Crippen LogP contribution < -0.4 is 0 Å². The van der Waals surface area contributed by atoms with E-state index in [4.69, 9.17) is 0 Å². The summed E-state index contributed by atoms with van der Waals surface area (Å²) in [6.45, 7) is 0. The van der Waals surface area contributed by atoms with E-state index in [1.807, 2.05) is 42.5 Å². The Bertz CT molecular complexity index is 3420. The molecule has 0 unspecified atom stereocenters. The molecule has 8 aromatic carbocycles. The zero-order valence-electron chi connectivity index (χ0n) is 29.5. The fraction of sp³-hybridized carbons (Fsp3) is 0. The van der Waals surface area contributed by atoms with Crippen molar-refractivity contribution in [3.8, 4) is 40.3 Å². The Morgan fingerprint density at radius 1 is 0.364 bits per heavy atom. The van der Waals surface area contributed by atoms with Gasteiger partial charge in [-0.1, -0.05) is 109 Å². The van der Waals surface area contributed by atoms with Gasteiger partial charge in [-0.05, 0) is 72.3 Å². The van der Waals surface area contributed by atoms with E-state index in [9.17, 15) is 10.5 Å². The number of hydrogen-bond acceptors (Lipinski definition) is 2. The van der Waals surface area contributed by atoms with Gasteiger partial charge in [-0.25, -0.2) is 0 Å². The summed E-state index contributed by atoms with van der Waals surface area (Å²) in [7, 11) is 0. The molecule has 0 saturated carbocycles. The van der Waals surface area contributed by atoms with E-state index in [-0.39, 0.29) is 0 Å². The molecule has 11 rings (SSSR count). The predicted molar refractivity (Wildman–Crippen MR) is 224 cm³/mol. The van der Waals surface area contributed by atoms with E-state index in [1.54, 1.807) is 0 Å². The quantitative estimate of drug-likeness (QED) is 0.184. The summed E-state index contributed by atoms with van der Waals surface area (Å²) in [6, 6.07) is 65.8. The summed E-state index contributed by atoms with van der Waals surface area (Å²) in [4.78, 5) is 0. The summed E-state index contributed by atoms with van der Waals surface area (Å²) in [6.07, 6.45) is 0. The summed E-state index contributed by atoms with van der Waals surface area (Å²) < 4.78 is 6.89. The van der Waals surface area contributed by atoms with Crippen molar-refractivity contribution in [1.29, 1.82) is 10.5 Å². The lowest BCUT2D eigenvalue weighted by molar-refractivity contribution is 1.16. The smallest absolute Gasteiger partial charge is 0.101 e. The van der Waals surface area contributed by atoms with Crippen LogP contribution in [0.2, 0.25) is 0 Å². The zero-order valence-corrected chi connectivity index (χ0v) is 29.5. The second-order valence-electron chi connectivity index (χ2n) is 13.9. The van der Waals surface area contributed by atoms with Crippen LogP contribution in [0, 0.1) is 22.7 Å². The van der Waals surface area contributed by atoms with Crippen molar-refractivity contribution in [3.63, 3.8) is 0 Å². The molecule has 0 saturated heterocycles. The van der Waals surface area contributed by atoms with Crippen molar-refractivity contribution < 1.29 is 0 Å². The number of benzene rings is 8. The van der Waals surface area contributed by atoms with Crippen molar-refractivity contribution in [1.82, 2.24) is 13.7 Å². The molecule has 0 aliphatic rings. The van der Waals surface area contributed by atoms with Crippen molar-refractivity contribution in [2.45, 2.75) is 0 Å². The number of aromatic nitrogens is 3. The molecule has 55 heavy (non-hydrogen) atoms. The minimum Gasteiger partial charge on any atom is -0.309 e. The van der Waals surface area contributed by atoms with Gasteiger partial charge in [-0.2, -0.15) is 10.5 Å². The van der Waals surface area contributed by atoms with Crippen LogP contribution in [0.15, 0.2) is 176 Å². The van der Waals surface area contributed by atoms with E-state index in [0.29, 0.717) is 11.1 Å². The summed E-state index contributed by atoms with van der Waals surface area (Å²) in [5, 5.41) is 27.7. The van der Waals surface area contributed by atoms with Gasteiger partial charge in [0.15, 0.2) is 0 Å². The van der Waals surface area contributed by atoms with Gasteiger partial charge >= 0.3 is 0 Å². The maximum atomic E-state index is 10.7. The Morgan fingerprint density at radius 3 is 1.53 bits per heavy atom. The molecule has 0 radical (unpaired) electrons. The molecule has 0 fully saturated rings. The first-order chi connectivity index (χ1) is 27.2. The highest BCUT2D eigenvalue weighted by atomic mass is 15.0. The van der Waals surface area contributed by atoms with Crippen LogP contribution in [-0.2, 0) is 0 Å². The Morgan fingerprint density at radius 2 is 0.836 bits per heavy atom. The Balaban J connectivity index is 1.20. The number of para-hydroxylation sites is 5. The molecule has 0 spiro atoms. The van der Waals surface area contributed by atoms with Crippen molar-refractivity contribution >= 4 is 65.4 Å². The molecular formula is C50H29N5. The molecule has 0 amide bonds. The molecular weight excluding hydrogens is 671 g/mol. The van der Waals surface area contributed by atoms with Crippen LogP contribution in [0.4, 0.5) is 0 Å². The number of nitriles is 2. The lowest BCUT2D eigenvalue weighted by Gasteiger charge is -2.17. The van der Waals surface area contributed by atoms with E-state index in [2.05, 4.69) is 159 Å². The van der Waals surface area contributed by atoms with Crippen molar-refractivity contribution in [3.05, 3.63) is 187 Å². The number of nitrogens with zero attached hydrogens (tertiary/aromatic N) is 5. The van der Waals surface area contributed by atoms with Gasteiger partial charge in [0, 0.05) is 43.6 Å². The lowest BCUT2D eigenvalue weighted by Crippen LogP contribution is -2.01. The molecule has 0 aliphatic carbocycles. The molecule has 3 heterocycles. The van der Waals surface area contributed by atoms with E-state index < -0.39 is 0 Å². The maximum Gasteiger partial charge on any atom is 0.101 e. The highest BCUT2D eigenvalue weighted by molar-refractivity contribution is 6.17.